The van der Waals surface area contributed by atoms with Crippen LogP contribution in [0, 0.1) is 0 Å². The molecule has 0 atom stereocenters. The molecule has 0 aliphatic rings. The molecule has 0 amide bonds. The quantitative estimate of drug-likeness (QED) is 0.474. The first-order valence-corrected chi connectivity index (χ1v) is 11.7. The molecule has 1 heterocycles. The van der Waals surface area contributed by atoms with Gasteiger partial charge in [-0.15, -0.1) is 0 Å². The number of aromatic nitrogens is 2. The van der Waals surface area contributed by atoms with Crippen LogP contribution in [0.15, 0.2) is 12.4 Å². The van der Waals surface area contributed by atoms with E-state index in [4.69, 9.17) is 4.74 Å². The van der Waals surface area contributed by atoms with Crippen LogP contribution in [0.2, 0.25) is 3.43 Å². The van der Waals surface area contributed by atoms with Gasteiger partial charge in [0.2, 0.25) is 0 Å². The summed E-state index contributed by atoms with van der Waals surface area (Å²) in [5.74, 6) is 0.781. The van der Waals surface area contributed by atoms with Crippen LogP contribution in [0.5, 0.6) is 5.88 Å². The van der Waals surface area contributed by atoms with Crippen molar-refractivity contribution in [3.63, 3.8) is 0 Å². The third kappa shape index (κ3) is 6.43. The molecule has 0 aliphatic heterocycles. The molecule has 1 rings (SSSR count). The van der Waals surface area contributed by atoms with Gasteiger partial charge in [-0.3, -0.25) is 0 Å². The molecule has 0 saturated carbocycles. The van der Waals surface area contributed by atoms with Crippen molar-refractivity contribution in [3.8, 4) is 5.88 Å². The summed E-state index contributed by atoms with van der Waals surface area (Å²) in [6.07, 6.45) is 15.6. The van der Waals surface area contributed by atoms with Crippen LogP contribution < -0.4 is 8.45 Å². The van der Waals surface area contributed by atoms with Crippen LogP contribution in [-0.4, -0.2) is 38.2 Å². The standard InChI is InChI=1S/C13H27.C5H5N2O.Sn/c1-4-7-10-13(11-8-5-2)12-9-6-3;1-8-5-4-6-2-3-7-5;/h4-12H2,1-3H3;2-3H,1H3;. The molecule has 0 aromatic carbocycles. The van der Waals surface area contributed by atoms with Crippen LogP contribution in [0.1, 0.15) is 78.6 Å². The number of methoxy groups -OCH3 is 1. The SMILES string of the molecule is CCCC[C](CCCC)(CCCC)[Sn][c]1nccnc1OC. The first-order valence-electron chi connectivity index (χ1n) is 8.84. The Bertz CT molecular complexity index is 390. The first-order chi connectivity index (χ1) is 10.7. The predicted molar refractivity (Wildman–Crippen MR) is 95.2 cm³/mol. The molecule has 124 valence electrons. The van der Waals surface area contributed by atoms with Crippen molar-refractivity contribution < 1.29 is 4.74 Å². The van der Waals surface area contributed by atoms with Crippen LogP contribution in [0.4, 0.5) is 0 Å². The van der Waals surface area contributed by atoms with Gasteiger partial charge in [0.15, 0.2) is 0 Å². The molecule has 0 saturated heterocycles. The van der Waals surface area contributed by atoms with Crippen molar-refractivity contribution in [2.24, 2.45) is 0 Å². The van der Waals surface area contributed by atoms with Crippen LogP contribution >= 0.6 is 0 Å². The van der Waals surface area contributed by atoms with E-state index in [9.17, 15) is 0 Å². The summed E-state index contributed by atoms with van der Waals surface area (Å²) in [6, 6.07) is 0. The summed E-state index contributed by atoms with van der Waals surface area (Å²) in [4.78, 5) is 9.03. The van der Waals surface area contributed by atoms with E-state index in [1.165, 1.54) is 61.5 Å². The van der Waals surface area contributed by atoms with Gasteiger partial charge in [-0.25, -0.2) is 0 Å². The van der Waals surface area contributed by atoms with Gasteiger partial charge in [0.25, 0.3) is 0 Å². The van der Waals surface area contributed by atoms with Gasteiger partial charge in [-0.1, -0.05) is 0 Å². The fraction of sp³-hybridized carbons (Fsp3) is 0.778. The van der Waals surface area contributed by atoms with Crippen molar-refractivity contribution in [1.82, 2.24) is 9.97 Å². The van der Waals surface area contributed by atoms with E-state index in [2.05, 4.69) is 30.7 Å². The van der Waals surface area contributed by atoms with Gasteiger partial charge in [-0.2, -0.15) is 0 Å². The maximum absolute atomic E-state index is 5.47. The van der Waals surface area contributed by atoms with Gasteiger partial charge in [0.1, 0.15) is 0 Å². The van der Waals surface area contributed by atoms with E-state index in [1.807, 2.05) is 6.20 Å². The molecule has 0 aliphatic carbocycles. The number of unbranched alkanes of at least 4 members (excludes halogenated alkanes) is 3. The van der Waals surface area contributed by atoms with Crippen LogP contribution in [0.25, 0.3) is 0 Å². The second-order valence-electron chi connectivity index (χ2n) is 6.13. The Kier molecular flexibility index (Phi) is 10.1. The second kappa shape index (κ2) is 11.3. The Hall–Kier alpha value is -0.321. The van der Waals surface area contributed by atoms with E-state index in [-0.39, 0.29) is 0 Å². The van der Waals surface area contributed by atoms with Crippen LogP contribution in [0.3, 0.4) is 0 Å². The number of rotatable bonds is 12. The Balaban J connectivity index is 2.97. The number of ether oxygens (including phenoxy) is 1. The van der Waals surface area contributed by atoms with E-state index in [0.29, 0.717) is 3.43 Å². The van der Waals surface area contributed by atoms with Gasteiger partial charge in [-0.05, 0) is 0 Å². The molecule has 0 unspecified atom stereocenters. The molecule has 3 nitrogen and oxygen atoms in total. The fourth-order valence-electron chi connectivity index (χ4n) is 2.92. The second-order valence-corrected chi connectivity index (χ2v) is 11.2. The van der Waals surface area contributed by atoms with Crippen molar-refractivity contribution in [1.29, 1.82) is 0 Å². The number of nitrogens with zero attached hydrogens (tertiary/aromatic N) is 2. The fourth-order valence-corrected chi connectivity index (χ4v) is 8.11. The average Bonchev–Trinajstić information content (AvgIpc) is 2.56. The van der Waals surface area contributed by atoms with Gasteiger partial charge < -0.3 is 0 Å². The number of hydrogen-bond acceptors (Lipinski definition) is 3. The molecule has 2 radical (unpaired) electrons. The summed E-state index contributed by atoms with van der Waals surface area (Å²) in [7, 11) is 1.72. The summed E-state index contributed by atoms with van der Waals surface area (Å²) in [5, 5.41) is 0. The third-order valence-electron chi connectivity index (χ3n) is 4.27. The van der Waals surface area contributed by atoms with Gasteiger partial charge in [0, 0.05) is 0 Å². The van der Waals surface area contributed by atoms with E-state index >= 15 is 0 Å². The topological polar surface area (TPSA) is 35.0 Å². The third-order valence-corrected chi connectivity index (χ3v) is 9.58. The van der Waals surface area contributed by atoms with Crippen LogP contribution in [-0.2, 0) is 0 Å². The van der Waals surface area contributed by atoms with E-state index in [1.54, 1.807) is 13.3 Å². The minimum absolute atomic E-state index is 0.536. The molecular formula is C18H32N2OSn. The van der Waals surface area contributed by atoms with Crippen molar-refractivity contribution in [3.05, 3.63) is 12.4 Å². The first kappa shape index (κ1) is 19.7. The zero-order chi connectivity index (χ0) is 16.3. The summed E-state index contributed by atoms with van der Waals surface area (Å²) in [5.41, 5.74) is 0. The van der Waals surface area contributed by atoms with E-state index in [0.717, 1.165) is 5.88 Å². The molecule has 4 heteroatoms. The monoisotopic (exact) mass is 412 g/mol. The summed E-state index contributed by atoms with van der Waals surface area (Å²) >= 11 is -0.841. The Morgan fingerprint density at radius 1 is 0.909 bits per heavy atom. The average molecular weight is 411 g/mol. The summed E-state index contributed by atoms with van der Waals surface area (Å²) < 4.78 is 7.22. The molecular weight excluding hydrogens is 379 g/mol. The number of hydrogen-bond donors (Lipinski definition) is 0. The van der Waals surface area contributed by atoms with Crippen molar-refractivity contribution in [2.45, 2.75) is 82.0 Å². The van der Waals surface area contributed by atoms with Crippen molar-refractivity contribution >= 4 is 24.9 Å². The molecule has 22 heavy (non-hydrogen) atoms. The maximum atomic E-state index is 5.47. The molecule has 0 bridgehead atoms. The normalized spacial score (nSPS) is 11.6. The minimum atomic E-state index is -0.841. The molecule has 0 fully saturated rings. The Labute approximate surface area is 146 Å². The molecule has 0 spiro atoms. The van der Waals surface area contributed by atoms with Gasteiger partial charge in [0.05, 0.1) is 0 Å². The molecule has 1 aromatic heterocycles. The Morgan fingerprint density at radius 2 is 1.41 bits per heavy atom. The zero-order valence-corrected chi connectivity index (χ0v) is 17.7. The predicted octanol–water partition coefficient (Wildman–Crippen LogP) is 4.54. The van der Waals surface area contributed by atoms with Crippen molar-refractivity contribution in [2.75, 3.05) is 7.11 Å². The zero-order valence-electron chi connectivity index (χ0n) is 14.8. The molecule has 1 aromatic rings. The van der Waals surface area contributed by atoms with E-state index < -0.39 is 21.1 Å². The molecule has 0 N–H and O–H groups in total. The Morgan fingerprint density at radius 3 is 1.86 bits per heavy atom. The van der Waals surface area contributed by atoms with Gasteiger partial charge >= 0.3 is 147 Å². The summed E-state index contributed by atoms with van der Waals surface area (Å²) in [6.45, 7) is 6.91.